The van der Waals surface area contributed by atoms with Crippen molar-refractivity contribution < 1.29 is 4.79 Å². The summed E-state index contributed by atoms with van der Waals surface area (Å²) in [5.74, 6) is 0.665. The molecular formula is C14H19BrN2O. The fourth-order valence-electron chi connectivity index (χ4n) is 2.23. The van der Waals surface area contributed by atoms with Crippen molar-refractivity contribution >= 4 is 21.8 Å². The molecule has 3 nitrogen and oxygen atoms in total. The van der Waals surface area contributed by atoms with Crippen LogP contribution in [0.4, 0.5) is 0 Å². The van der Waals surface area contributed by atoms with E-state index < -0.39 is 0 Å². The van der Waals surface area contributed by atoms with E-state index in [4.69, 9.17) is 0 Å². The summed E-state index contributed by atoms with van der Waals surface area (Å²) in [6, 6.07) is 8.15. The summed E-state index contributed by atoms with van der Waals surface area (Å²) in [5.41, 5.74) is 1.05. The minimum Gasteiger partial charge on any atom is -0.352 e. The molecule has 98 valence electrons. The Morgan fingerprint density at radius 3 is 2.83 bits per heavy atom. The van der Waals surface area contributed by atoms with Crippen LogP contribution in [0.25, 0.3) is 0 Å². The normalized spacial score (nSPS) is 23.7. The number of carbonyl (C=O) groups is 1. The Kier molecular flexibility index (Phi) is 4.78. The molecule has 0 saturated carbocycles. The lowest BCUT2D eigenvalue weighted by atomic mass is 9.94. The Hall–Kier alpha value is -0.870. The molecule has 1 heterocycles. The monoisotopic (exact) mass is 310 g/mol. The van der Waals surface area contributed by atoms with E-state index in [-0.39, 0.29) is 11.9 Å². The van der Waals surface area contributed by atoms with Gasteiger partial charge in [0.25, 0.3) is 0 Å². The van der Waals surface area contributed by atoms with Crippen LogP contribution in [0.3, 0.4) is 0 Å². The van der Waals surface area contributed by atoms with Crippen LogP contribution < -0.4 is 10.6 Å². The lowest BCUT2D eigenvalue weighted by Gasteiger charge is -2.30. The number of hydrogen-bond acceptors (Lipinski definition) is 2. The molecule has 0 spiro atoms. The maximum atomic E-state index is 12.0. The molecule has 1 aromatic carbocycles. The summed E-state index contributed by atoms with van der Waals surface area (Å²) in [4.78, 5) is 12.0. The van der Waals surface area contributed by atoms with Crippen molar-refractivity contribution in [2.45, 2.75) is 25.8 Å². The Morgan fingerprint density at radius 1 is 1.44 bits per heavy atom. The standard InChI is InChI=1S/C14H19BrN2O/c1-10-6-7-16-9-13(10)17-14(18)8-11-2-4-12(15)5-3-11/h2-5,10,13,16H,6-9H2,1H3,(H,17,18). The fraction of sp³-hybridized carbons (Fsp3) is 0.500. The topological polar surface area (TPSA) is 41.1 Å². The second kappa shape index (κ2) is 6.34. The number of hydrogen-bond donors (Lipinski definition) is 2. The average Bonchev–Trinajstić information content (AvgIpc) is 2.35. The van der Waals surface area contributed by atoms with Crippen LogP contribution in [0.5, 0.6) is 0 Å². The third-order valence-electron chi connectivity index (χ3n) is 3.45. The number of benzene rings is 1. The molecule has 0 radical (unpaired) electrons. The van der Waals surface area contributed by atoms with Gasteiger partial charge in [-0.1, -0.05) is 35.0 Å². The van der Waals surface area contributed by atoms with Crippen LogP contribution >= 0.6 is 15.9 Å². The van der Waals surface area contributed by atoms with Gasteiger partial charge in [0, 0.05) is 17.1 Å². The minimum atomic E-state index is 0.109. The molecule has 1 aromatic rings. The van der Waals surface area contributed by atoms with E-state index in [1.165, 1.54) is 0 Å². The van der Waals surface area contributed by atoms with Crippen LogP contribution in [0.1, 0.15) is 18.9 Å². The summed E-state index contributed by atoms with van der Waals surface area (Å²) in [5, 5.41) is 6.44. The average molecular weight is 311 g/mol. The first-order chi connectivity index (χ1) is 8.65. The lowest BCUT2D eigenvalue weighted by molar-refractivity contribution is -0.121. The molecule has 2 unspecified atom stereocenters. The van der Waals surface area contributed by atoms with Gasteiger partial charge in [-0.25, -0.2) is 0 Å². The van der Waals surface area contributed by atoms with Gasteiger partial charge < -0.3 is 10.6 Å². The Balaban J connectivity index is 1.86. The van der Waals surface area contributed by atoms with Gasteiger partial charge in [0.2, 0.25) is 5.91 Å². The summed E-state index contributed by atoms with van der Waals surface area (Å²) < 4.78 is 1.04. The largest absolute Gasteiger partial charge is 0.352 e. The smallest absolute Gasteiger partial charge is 0.224 e. The second-order valence-electron chi connectivity index (χ2n) is 4.95. The number of piperidine rings is 1. The molecule has 0 aliphatic carbocycles. The number of nitrogens with one attached hydrogen (secondary N) is 2. The molecule has 1 aliphatic heterocycles. The maximum Gasteiger partial charge on any atom is 0.224 e. The highest BCUT2D eigenvalue weighted by Crippen LogP contribution is 2.13. The van der Waals surface area contributed by atoms with Crippen LogP contribution in [0.15, 0.2) is 28.7 Å². The van der Waals surface area contributed by atoms with Crippen molar-refractivity contribution in [2.75, 3.05) is 13.1 Å². The van der Waals surface area contributed by atoms with E-state index in [1.807, 2.05) is 24.3 Å². The Labute approximate surface area is 116 Å². The molecule has 0 bridgehead atoms. The summed E-state index contributed by atoms with van der Waals surface area (Å²) >= 11 is 3.39. The molecule has 1 amide bonds. The van der Waals surface area contributed by atoms with Crippen molar-refractivity contribution in [2.24, 2.45) is 5.92 Å². The van der Waals surface area contributed by atoms with Crippen LogP contribution in [-0.2, 0) is 11.2 Å². The van der Waals surface area contributed by atoms with E-state index in [9.17, 15) is 4.79 Å². The van der Waals surface area contributed by atoms with Crippen LogP contribution in [-0.4, -0.2) is 25.0 Å². The molecule has 1 fully saturated rings. The van der Waals surface area contributed by atoms with Gasteiger partial charge in [-0.2, -0.15) is 0 Å². The molecule has 1 aliphatic rings. The third-order valence-corrected chi connectivity index (χ3v) is 3.98. The highest BCUT2D eigenvalue weighted by Gasteiger charge is 2.22. The second-order valence-corrected chi connectivity index (χ2v) is 5.86. The molecule has 2 N–H and O–H groups in total. The van der Waals surface area contributed by atoms with Crippen molar-refractivity contribution in [3.05, 3.63) is 34.3 Å². The van der Waals surface area contributed by atoms with Gasteiger partial charge in [-0.15, -0.1) is 0 Å². The van der Waals surface area contributed by atoms with Crippen molar-refractivity contribution in [1.29, 1.82) is 0 Å². The summed E-state index contributed by atoms with van der Waals surface area (Å²) in [7, 11) is 0. The first-order valence-electron chi connectivity index (χ1n) is 6.39. The predicted molar refractivity (Wildman–Crippen MR) is 76.4 cm³/mol. The van der Waals surface area contributed by atoms with Gasteiger partial charge in [0.1, 0.15) is 0 Å². The number of rotatable bonds is 3. The molecule has 18 heavy (non-hydrogen) atoms. The van der Waals surface area contributed by atoms with Crippen molar-refractivity contribution in [1.82, 2.24) is 10.6 Å². The third kappa shape index (κ3) is 3.82. The Morgan fingerprint density at radius 2 is 2.17 bits per heavy atom. The highest BCUT2D eigenvalue weighted by atomic mass is 79.9. The minimum absolute atomic E-state index is 0.109. The zero-order valence-electron chi connectivity index (χ0n) is 10.6. The highest BCUT2D eigenvalue weighted by molar-refractivity contribution is 9.10. The van der Waals surface area contributed by atoms with E-state index in [1.54, 1.807) is 0 Å². The molecule has 0 aromatic heterocycles. The first-order valence-corrected chi connectivity index (χ1v) is 7.19. The summed E-state index contributed by atoms with van der Waals surface area (Å²) in [6.07, 6.45) is 1.58. The number of amides is 1. The number of carbonyl (C=O) groups excluding carboxylic acids is 1. The van der Waals surface area contributed by atoms with Crippen molar-refractivity contribution in [3.8, 4) is 0 Å². The number of halogens is 1. The van der Waals surface area contributed by atoms with Gasteiger partial charge >= 0.3 is 0 Å². The zero-order valence-corrected chi connectivity index (χ0v) is 12.2. The molecule has 1 saturated heterocycles. The summed E-state index contributed by atoms with van der Waals surface area (Å²) in [6.45, 7) is 4.14. The van der Waals surface area contributed by atoms with Crippen LogP contribution in [0.2, 0.25) is 0 Å². The van der Waals surface area contributed by atoms with Gasteiger partial charge in [0.05, 0.1) is 6.42 Å². The van der Waals surface area contributed by atoms with Gasteiger partial charge in [-0.05, 0) is 36.6 Å². The first kappa shape index (κ1) is 13.6. The SMILES string of the molecule is CC1CCNCC1NC(=O)Cc1ccc(Br)cc1. The quantitative estimate of drug-likeness (QED) is 0.898. The van der Waals surface area contributed by atoms with Crippen LogP contribution in [0, 0.1) is 5.92 Å². The molecule has 2 atom stereocenters. The van der Waals surface area contributed by atoms with Crippen molar-refractivity contribution in [3.63, 3.8) is 0 Å². The van der Waals surface area contributed by atoms with Gasteiger partial charge in [-0.3, -0.25) is 4.79 Å². The fourth-order valence-corrected chi connectivity index (χ4v) is 2.49. The van der Waals surface area contributed by atoms with Gasteiger partial charge in [0.15, 0.2) is 0 Å². The Bertz CT molecular complexity index is 405. The maximum absolute atomic E-state index is 12.0. The lowest BCUT2D eigenvalue weighted by Crippen LogP contribution is -2.50. The van der Waals surface area contributed by atoms with E-state index >= 15 is 0 Å². The predicted octanol–water partition coefficient (Wildman–Crippen LogP) is 2.11. The molecular weight excluding hydrogens is 292 g/mol. The van der Waals surface area contributed by atoms with E-state index in [0.29, 0.717) is 12.3 Å². The van der Waals surface area contributed by atoms with E-state index in [0.717, 1.165) is 29.5 Å². The molecule has 4 heteroatoms. The zero-order chi connectivity index (χ0) is 13.0. The van der Waals surface area contributed by atoms with E-state index in [2.05, 4.69) is 33.5 Å². The molecule has 2 rings (SSSR count).